The van der Waals surface area contributed by atoms with Crippen molar-refractivity contribution < 1.29 is 28.6 Å². The zero-order chi connectivity index (χ0) is 24.6. The first-order valence-corrected chi connectivity index (χ1v) is 10.6. The van der Waals surface area contributed by atoms with Crippen molar-refractivity contribution in [1.29, 1.82) is 0 Å². The first-order chi connectivity index (χ1) is 16.3. The molecule has 1 fully saturated rings. The molecule has 0 spiro atoms. The molecule has 34 heavy (non-hydrogen) atoms. The Morgan fingerprint density at radius 3 is 2.29 bits per heavy atom. The molecule has 2 heterocycles. The fourth-order valence-electron chi connectivity index (χ4n) is 3.79. The number of anilines is 1. The number of hydrogen-bond acceptors (Lipinski definition) is 6. The van der Waals surface area contributed by atoms with Gasteiger partial charge >= 0.3 is 0 Å². The van der Waals surface area contributed by atoms with Crippen LogP contribution in [0, 0.1) is 5.82 Å². The minimum atomic E-state index is -1.06. The first-order valence-electron chi connectivity index (χ1n) is 9.86. The van der Waals surface area contributed by atoms with Crippen molar-refractivity contribution in [1.82, 2.24) is 4.98 Å². The van der Waals surface area contributed by atoms with Gasteiger partial charge in [-0.05, 0) is 42.0 Å². The molecule has 1 amide bonds. The predicted molar refractivity (Wildman–Crippen MR) is 125 cm³/mol. The summed E-state index contributed by atoms with van der Waals surface area (Å²) in [4.78, 5) is 31.5. The van der Waals surface area contributed by atoms with E-state index in [1.807, 2.05) is 0 Å². The summed E-state index contributed by atoms with van der Waals surface area (Å²) in [6.07, 6.45) is 2.97. The van der Waals surface area contributed by atoms with E-state index in [9.17, 15) is 19.1 Å². The first kappa shape index (κ1) is 23.5. The highest BCUT2D eigenvalue weighted by molar-refractivity contribution is 6.52. The number of Topliss-reactive ketones (excluding diaryl/α,β-unsaturated/α-hetero) is 1. The van der Waals surface area contributed by atoms with Gasteiger partial charge in [-0.3, -0.25) is 19.5 Å². The molecule has 1 aliphatic rings. The molecule has 1 N–H and O–H groups in total. The zero-order valence-corrected chi connectivity index (χ0v) is 19.4. The van der Waals surface area contributed by atoms with Gasteiger partial charge in [0.05, 0.1) is 41.4 Å². The van der Waals surface area contributed by atoms with Gasteiger partial charge in [-0.1, -0.05) is 23.2 Å². The highest BCUT2D eigenvalue weighted by Gasteiger charge is 2.47. The molecule has 4 rings (SSSR count). The average molecular weight is 503 g/mol. The number of amides is 1. The van der Waals surface area contributed by atoms with Crippen molar-refractivity contribution >= 4 is 46.3 Å². The number of benzene rings is 2. The molecule has 0 saturated carbocycles. The number of carbonyl (C=O) groups is 2. The minimum absolute atomic E-state index is 0.0953. The number of aliphatic hydroxyl groups excluding tert-OH is 1. The van der Waals surface area contributed by atoms with Crippen LogP contribution in [0.3, 0.4) is 0 Å². The van der Waals surface area contributed by atoms with Crippen LogP contribution in [0.25, 0.3) is 5.76 Å². The summed E-state index contributed by atoms with van der Waals surface area (Å²) >= 11 is 12.1. The Morgan fingerprint density at radius 2 is 1.68 bits per heavy atom. The third kappa shape index (κ3) is 3.95. The molecule has 0 aliphatic carbocycles. The highest BCUT2D eigenvalue weighted by atomic mass is 35.5. The van der Waals surface area contributed by atoms with Crippen LogP contribution in [0.2, 0.25) is 10.0 Å². The van der Waals surface area contributed by atoms with E-state index in [0.717, 1.165) is 11.0 Å². The lowest BCUT2D eigenvalue weighted by molar-refractivity contribution is -0.132. The molecule has 10 heteroatoms. The molecule has 0 bridgehead atoms. The quantitative estimate of drug-likeness (QED) is 0.294. The summed E-state index contributed by atoms with van der Waals surface area (Å²) in [6.45, 7) is 0. The van der Waals surface area contributed by atoms with E-state index in [2.05, 4.69) is 4.98 Å². The molecule has 1 unspecified atom stereocenters. The van der Waals surface area contributed by atoms with Gasteiger partial charge in [0.15, 0.2) is 0 Å². The second kappa shape index (κ2) is 9.32. The molecule has 1 atom stereocenters. The van der Waals surface area contributed by atoms with Crippen molar-refractivity contribution in [2.45, 2.75) is 6.04 Å². The number of pyridine rings is 1. The van der Waals surface area contributed by atoms with E-state index in [1.54, 1.807) is 12.1 Å². The topological polar surface area (TPSA) is 89.0 Å². The summed E-state index contributed by atoms with van der Waals surface area (Å²) in [5.41, 5.74) is 0.545. The SMILES string of the molecule is COc1cc(/C(O)=C2\C(=O)C(=O)N(c3ccc(F)c(Cl)c3)C2c2ccncc2)c(OC)cc1Cl. The van der Waals surface area contributed by atoms with E-state index in [4.69, 9.17) is 32.7 Å². The number of aliphatic hydroxyl groups is 1. The summed E-state index contributed by atoms with van der Waals surface area (Å²) < 4.78 is 24.4. The van der Waals surface area contributed by atoms with Crippen molar-refractivity contribution in [3.8, 4) is 11.5 Å². The van der Waals surface area contributed by atoms with Crippen molar-refractivity contribution in [2.24, 2.45) is 0 Å². The summed E-state index contributed by atoms with van der Waals surface area (Å²) in [5, 5.41) is 11.3. The van der Waals surface area contributed by atoms with Crippen molar-refractivity contribution in [3.63, 3.8) is 0 Å². The van der Waals surface area contributed by atoms with E-state index in [-0.39, 0.29) is 38.4 Å². The minimum Gasteiger partial charge on any atom is -0.507 e. The van der Waals surface area contributed by atoms with Crippen LogP contribution >= 0.6 is 23.2 Å². The third-order valence-corrected chi connectivity index (χ3v) is 5.96. The van der Waals surface area contributed by atoms with Gasteiger partial charge in [0, 0.05) is 24.1 Å². The highest BCUT2D eigenvalue weighted by Crippen LogP contribution is 2.45. The molecule has 1 saturated heterocycles. The molecular formula is C24H17Cl2FN2O5. The molecule has 174 valence electrons. The summed E-state index contributed by atoms with van der Waals surface area (Å²) in [6, 6.07) is 8.62. The van der Waals surface area contributed by atoms with Gasteiger partial charge in [0.25, 0.3) is 11.7 Å². The third-order valence-electron chi connectivity index (χ3n) is 5.38. The number of nitrogens with zero attached hydrogens (tertiary/aromatic N) is 2. The largest absolute Gasteiger partial charge is 0.507 e. The van der Waals surface area contributed by atoms with Gasteiger partial charge in [-0.25, -0.2) is 4.39 Å². The Hall–Kier alpha value is -3.62. The standard InChI is InChI=1S/C24H17Cl2FN2O5/c1-33-18-11-16(26)19(34-2)10-14(18)22(30)20-21(12-5-7-28-8-6-12)29(24(32)23(20)31)13-3-4-17(27)15(25)9-13/h3-11,21,30H,1-2H3/b22-20+. The number of aromatic nitrogens is 1. The lowest BCUT2D eigenvalue weighted by Gasteiger charge is -2.25. The fourth-order valence-corrected chi connectivity index (χ4v) is 4.19. The van der Waals surface area contributed by atoms with Crippen molar-refractivity contribution in [2.75, 3.05) is 19.1 Å². The van der Waals surface area contributed by atoms with Gasteiger partial charge < -0.3 is 14.6 Å². The maximum absolute atomic E-state index is 13.8. The monoisotopic (exact) mass is 502 g/mol. The van der Waals surface area contributed by atoms with Crippen LogP contribution in [0.15, 0.2) is 60.4 Å². The zero-order valence-electron chi connectivity index (χ0n) is 17.9. The number of ketones is 1. The van der Waals surface area contributed by atoms with E-state index < -0.39 is 29.3 Å². The van der Waals surface area contributed by atoms with E-state index >= 15 is 0 Å². The van der Waals surface area contributed by atoms with Crippen LogP contribution in [0.1, 0.15) is 17.2 Å². The van der Waals surface area contributed by atoms with Crippen LogP contribution in [0.5, 0.6) is 11.5 Å². The Morgan fingerprint density at radius 1 is 1.00 bits per heavy atom. The Bertz CT molecular complexity index is 1330. The molecule has 3 aromatic rings. The van der Waals surface area contributed by atoms with Crippen molar-refractivity contribution in [3.05, 3.63) is 87.4 Å². The van der Waals surface area contributed by atoms with Gasteiger partial charge in [-0.2, -0.15) is 0 Å². The second-order valence-corrected chi connectivity index (χ2v) is 8.05. The number of rotatable bonds is 5. The summed E-state index contributed by atoms with van der Waals surface area (Å²) in [5.74, 6) is -2.67. The molecule has 1 aromatic heterocycles. The van der Waals surface area contributed by atoms with Crippen LogP contribution in [-0.4, -0.2) is 36.0 Å². The molecule has 1 aliphatic heterocycles. The molecule has 0 radical (unpaired) electrons. The van der Waals surface area contributed by atoms with Gasteiger partial charge in [0.1, 0.15) is 23.1 Å². The average Bonchev–Trinajstić information content (AvgIpc) is 3.11. The van der Waals surface area contributed by atoms with Crippen LogP contribution in [0.4, 0.5) is 10.1 Å². The molecular weight excluding hydrogens is 486 g/mol. The lowest BCUT2D eigenvalue weighted by atomic mass is 9.95. The number of halogens is 3. The fraction of sp³-hybridized carbons (Fsp3) is 0.125. The predicted octanol–water partition coefficient (Wildman–Crippen LogP) is 5.17. The van der Waals surface area contributed by atoms with E-state index in [0.29, 0.717) is 5.56 Å². The van der Waals surface area contributed by atoms with Crippen LogP contribution < -0.4 is 14.4 Å². The number of methoxy groups -OCH3 is 2. The maximum atomic E-state index is 13.8. The van der Waals surface area contributed by atoms with Gasteiger partial charge in [-0.15, -0.1) is 0 Å². The number of hydrogen-bond donors (Lipinski definition) is 1. The Kier molecular flexibility index (Phi) is 6.45. The normalized spacial score (nSPS) is 17.2. The number of ether oxygens (including phenoxy) is 2. The Balaban J connectivity index is 1.99. The van der Waals surface area contributed by atoms with E-state index in [1.165, 1.54) is 50.9 Å². The summed E-state index contributed by atoms with van der Waals surface area (Å²) in [7, 11) is 2.76. The lowest BCUT2D eigenvalue weighted by Crippen LogP contribution is -2.29. The molecule has 2 aromatic carbocycles. The molecule has 7 nitrogen and oxygen atoms in total. The number of carbonyl (C=O) groups excluding carboxylic acids is 2. The smallest absolute Gasteiger partial charge is 0.300 e. The maximum Gasteiger partial charge on any atom is 0.300 e. The Labute approximate surface area is 204 Å². The van der Waals surface area contributed by atoms with Crippen LogP contribution in [-0.2, 0) is 9.59 Å². The second-order valence-electron chi connectivity index (χ2n) is 7.24. The van der Waals surface area contributed by atoms with Gasteiger partial charge in [0.2, 0.25) is 0 Å².